The Kier molecular flexibility index (Phi) is 10.3. The van der Waals surface area contributed by atoms with Crippen molar-refractivity contribution in [3.05, 3.63) is 59.4 Å². The summed E-state index contributed by atoms with van der Waals surface area (Å²) in [6.07, 6.45) is 2.03. The normalized spacial score (nSPS) is 13.0. The Hall–Kier alpha value is -3.14. The highest BCUT2D eigenvalue weighted by atomic mass is 32.2. The molecule has 0 saturated heterocycles. The third kappa shape index (κ3) is 7.68. The molecule has 0 aliphatic heterocycles. The maximum Gasteiger partial charge on any atom is 0.244 e. The smallest absolute Gasteiger partial charge is 0.244 e. The van der Waals surface area contributed by atoms with Crippen LogP contribution in [-0.2, 0) is 26.2 Å². The zero-order chi connectivity index (χ0) is 27.0. The Morgan fingerprint density at radius 2 is 1.72 bits per heavy atom. The monoisotopic (exact) mass is 521 g/mol. The van der Waals surface area contributed by atoms with E-state index in [9.17, 15) is 22.4 Å². The molecule has 198 valence electrons. The van der Waals surface area contributed by atoms with Crippen LogP contribution in [0.4, 0.5) is 10.1 Å². The molecule has 0 spiro atoms. The van der Waals surface area contributed by atoms with Gasteiger partial charge in [-0.3, -0.25) is 13.9 Å². The molecule has 0 fully saturated rings. The minimum atomic E-state index is -3.89. The van der Waals surface area contributed by atoms with Crippen LogP contribution in [0, 0.1) is 12.7 Å². The topological polar surface area (TPSA) is 96.0 Å². The van der Waals surface area contributed by atoms with Gasteiger partial charge in [0.05, 0.1) is 19.1 Å². The van der Waals surface area contributed by atoms with Crippen molar-refractivity contribution in [3.63, 3.8) is 0 Å². The standard InChI is InChI=1S/C26H36FN3O5S/c1-7-19(4)28-26(32)22(8-2)29(16-20-10-12-21(27)13-11-20)25(31)17-30(36(6,33)34)23-15-18(3)9-14-24(23)35-5/h9-15,19,22H,7-8,16-17H2,1-6H3,(H,28,32)/t19-,22-/m0/s1. The third-order valence-electron chi connectivity index (χ3n) is 5.94. The van der Waals surface area contributed by atoms with Gasteiger partial charge in [-0.1, -0.05) is 32.0 Å². The lowest BCUT2D eigenvalue weighted by Crippen LogP contribution is -2.53. The first-order valence-corrected chi connectivity index (χ1v) is 13.7. The number of nitrogens with zero attached hydrogens (tertiary/aromatic N) is 2. The summed E-state index contributed by atoms with van der Waals surface area (Å²) < 4.78 is 45.4. The molecule has 2 rings (SSSR count). The summed E-state index contributed by atoms with van der Waals surface area (Å²) in [7, 11) is -2.47. The number of aryl methyl sites for hydroxylation is 1. The van der Waals surface area contributed by atoms with Crippen molar-refractivity contribution in [3.8, 4) is 5.75 Å². The van der Waals surface area contributed by atoms with Crippen LogP contribution >= 0.6 is 0 Å². The molecule has 0 aliphatic rings. The summed E-state index contributed by atoms with van der Waals surface area (Å²) in [6.45, 7) is 6.86. The second kappa shape index (κ2) is 12.7. The Labute approximate surface area is 213 Å². The number of amides is 2. The summed E-state index contributed by atoms with van der Waals surface area (Å²) >= 11 is 0. The maximum atomic E-state index is 13.7. The molecular weight excluding hydrogens is 485 g/mol. The lowest BCUT2D eigenvalue weighted by Gasteiger charge is -2.33. The van der Waals surface area contributed by atoms with Gasteiger partial charge in [0.1, 0.15) is 24.2 Å². The van der Waals surface area contributed by atoms with Crippen LogP contribution in [0.3, 0.4) is 0 Å². The fraction of sp³-hybridized carbons (Fsp3) is 0.462. The molecule has 0 aromatic heterocycles. The van der Waals surface area contributed by atoms with Crippen molar-refractivity contribution < 1.29 is 27.1 Å². The number of hydrogen-bond acceptors (Lipinski definition) is 5. The SMILES string of the molecule is CC[C@H](C)NC(=O)[C@H](CC)N(Cc1ccc(F)cc1)C(=O)CN(c1cc(C)ccc1OC)S(C)(=O)=O. The summed E-state index contributed by atoms with van der Waals surface area (Å²) in [5.74, 6) is -1.03. The van der Waals surface area contributed by atoms with Gasteiger partial charge in [0, 0.05) is 12.6 Å². The molecule has 0 radical (unpaired) electrons. The molecule has 2 amide bonds. The van der Waals surface area contributed by atoms with Gasteiger partial charge < -0.3 is 15.0 Å². The first-order chi connectivity index (χ1) is 16.9. The van der Waals surface area contributed by atoms with Gasteiger partial charge in [-0.15, -0.1) is 0 Å². The van der Waals surface area contributed by atoms with E-state index in [1.54, 1.807) is 32.0 Å². The highest BCUT2D eigenvalue weighted by molar-refractivity contribution is 7.92. The lowest BCUT2D eigenvalue weighted by molar-refractivity contribution is -0.140. The first kappa shape index (κ1) is 29.1. The third-order valence-corrected chi connectivity index (χ3v) is 7.06. The Bertz CT molecular complexity index is 1150. The molecular formula is C26H36FN3O5S. The Balaban J connectivity index is 2.50. The Morgan fingerprint density at radius 3 is 2.25 bits per heavy atom. The van der Waals surface area contributed by atoms with E-state index in [-0.39, 0.29) is 24.2 Å². The average Bonchev–Trinajstić information content (AvgIpc) is 2.82. The van der Waals surface area contributed by atoms with Gasteiger partial charge in [0.2, 0.25) is 21.8 Å². The number of rotatable bonds is 12. The number of ether oxygens (including phenoxy) is 1. The molecule has 2 aromatic carbocycles. The van der Waals surface area contributed by atoms with E-state index in [4.69, 9.17) is 4.74 Å². The van der Waals surface area contributed by atoms with Gasteiger partial charge in [-0.2, -0.15) is 0 Å². The van der Waals surface area contributed by atoms with E-state index in [0.29, 0.717) is 24.2 Å². The van der Waals surface area contributed by atoms with Crippen molar-refractivity contribution in [1.82, 2.24) is 10.2 Å². The van der Waals surface area contributed by atoms with Crippen molar-refractivity contribution in [2.24, 2.45) is 0 Å². The summed E-state index contributed by atoms with van der Waals surface area (Å²) in [5.41, 5.74) is 1.63. The van der Waals surface area contributed by atoms with Crippen LogP contribution in [0.25, 0.3) is 0 Å². The van der Waals surface area contributed by atoms with Gasteiger partial charge in [0.25, 0.3) is 0 Å². The Morgan fingerprint density at radius 1 is 1.08 bits per heavy atom. The van der Waals surface area contributed by atoms with Crippen molar-refractivity contribution in [1.29, 1.82) is 0 Å². The maximum absolute atomic E-state index is 13.7. The van der Waals surface area contributed by atoms with Gasteiger partial charge >= 0.3 is 0 Å². The van der Waals surface area contributed by atoms with Gasteiger partial charge in [0.15, 0.2) is 0 Å². The fourth-order valence-electron chi connectivity index (χ4n) is 3.74. The summed E-state index contributed by atoms with van der Waals surface area (Å²) in [4.78, 5) is 28.2. The van der Waals surface area contributed by atoms with Crippen molar-refractivity contribution in [2.75, 3.05) is 24.2 Å². The number of halogens is 1. The first-order valence-electron chi connectivity index (χ1n) is 11.9. The molecule has 0 aliphatic carbocycles. The lowest BCUT2D eigenvalue weighted by atomic mass is 10.1. The van der Waals surface area contributed by atoms with E-state index in [0.717, 1.165) is 16.1 Å². The predicted octanol–water partition coefficient (Wildman–Crippen LogP) is 3.63. The van der Waals surface area contributed by atoms with E-state index < -0.39 is 34.3 Å². The van der Waals surface area contributed by atoms with Crippen molar-refractivity contribution >= 4 is 27.5 Å². The number of methoxy groups -OCH3 is 1. The highest BCUT2D eigenvalue weighted by Crippen LogP contribution is 2.31. The van der Waals surface area contributed by atoms with E-state index in [1.165, 1.54) is 36.3 Å². The van der Waals surface area contributed by atoms with Gasteiger partial charge in [-0.05, 0) is 62.1 Å². The molecule has 36 heavy (non-hydrogen) atoms. The molecule has 0 bridgehead atoms. The second-order valence-corrected chi connectivity index (χ2v) is 10.7. The van der Waals surface area contributed by atoms with Crippen LogP contribution in [0.5, 0.6) is 5.75 Å². The van der Waals surface area contributed by atoms with Crippen molar-refractivity contribution in [2.45, 2.75) is 59.2 Å². The van der Waals surface area contributed by atoms with E-state index in [2.05, 4.69) is 5.32 Å². The predicted molar refractivity (Wildman–Crippen MR) is 139 cm³/mol. The molecule has 2 atom stereocenters. The zero-order valence-corrected chi connectivity index (χ0v) is 22.6. The zero-order valence-electron chi connectivity index (χ0n) is 21.7. The molecule has 0 unspecified atom stereocenters. The molecule has 0 heterocycles. The summed E-state index contributed by atoms with van der Waals surface area (Å²) in [5, 5.41) is 2.91. The number of hydrogen-bond donors (Lipinski definition) is 1. The number of benzene rings is 2. The number of sulfonamides is 1. The van der Waals surface area contributed by atoms with Crippen LogP contribution in [-0.4, -0.2) is 57.1 Å². The van der Waals surface area contributed by atoms with Crippen LogP contribution in [0.15, 0.2) is 42.5 Å². The van der Waals surface area contributed by atoms with E-state index in [1.807, 2.05) is 13.8 Å². The number of anilines is 1. The van der Waals surface area contributed by atoms with Gasteiger partial charge in [-0.25, -0.2) is 12.8 Å². The second-order valence-electron chi connectivity index (χ2n) is 8.83. The average molecular weight is 522 g/mol. The highest BCUT2D eigenvalue weighted by Gasteiger charge is 2.33. The molecule has 0 saturated carbocycles. The number of carbonyl (C=O) groups is 2. The quantitative estimate of drug-likeness (QED) is 0.460. The molecule has 1 N–H and O–H groups in total. The fourth-order valence-corrected chi connectivity index (χ4v) is 4.58. The molecule has 10 heteroatoms. The minimum Gasteiger partial charge on any atom is -0.495 e. The van der Waals surface area contributed by atoms with Crippen LogP contribution in [0.2, 0.25) is 0 Å². The largest absolute Gasteiger partial charge is 0.495 e. The van der Waals surface area contributed by atoms with E-state index >= 15 is 0 Å². The molecule has 2 aromatic rings. The number of carbonyl (C=O) groups excluding carboxylic acids is 2. The van der Waals surface area contributed by atoms with Crippen LogP contribution < -0.4 is 14.4 Å². The number of nitrogens with one attached hydrogen (secondary N) is 1. The summed E-state index contributed by atoms with van der Waals surface area (Å²) in [6, 6.07) is 9.72. The minimum absolute atomic E-state index is 0.00804. The molecule has 8 nitrogen and oxygen atoms in total. The van der Waals surface area contributed by atoms with Crippen LogP contribution in [0.1, 0.15) is 44.7 Å².